The zero-order chi connectivity index (χ0) is 26.7. The van der Waals surface area contributed by atoms with Gasteiger partial charge in [-0.1, -0.05) is 53.5 Å². The molecule has 8 nitrogen and oxygen atoms in total. The molecule has 0 bridgehead atoms. The van der Waals surface area contributed by atoms with E-state index >= 15 is 0 Å². The van der Waals surface area contributed by atoms with Crippen molar-refractivity contribution >= 4 is 70.1 Å². The third kappa shape index (κ3) is 5.43. The number of carbonyl (C=O) groups excluding carboxylic acids is 2. The van der Waals surface area contributed by atoms with Crippen LogP contribution in [0.25, 0.3) is 6.08 Å². The molecular formula is C26H18Cl2N2O6S. The molecule has 1 saturated heterocycles. The topological polar surface area (TPSA) is 105 Å². The maximum atomic E-state index is 13.4. The number of nitrogens with zero attached hydrogens (tertiary/aromatic N) is 1. The zero-order valence-electron chi connectivity index (χ0n) is 19.2. The van der Waals surface area contributed by atoms with Crippen LogP contribution in [-0.4, -0.2) is 35.1 Å². The number of para-hydroxylation sites is 1. The van der Waals surface area contributed by atoms with E-state index in [1.54, 1.807) is 48.5 Å². The molecule has 1 aliphatic rings. The summed E-state index contributed by atoms with van der Waals surface area (Å²) in [5.74, 6) is -1.78. The van der Waals surface area contributed by atoms with Gasteiger partial charge < -0.3 is 14.6 Å². The number of halogens is 2. The second kappa shape index (κ2) is 11.0. The van der Waals surface area contributed by atoms with Crippen LogP contribution in [-0.2, 0) is 16.2 Å². The Kier molecular flexibility index (Phi) is 7.77. The number of rotatable bonds is 7. The molecule has 0 spiro atoms. The molecule has 0 radical (unpaired) electrons. The quantitative estimate of drug-likeness (QED) is 0.236. The maximum absolute atomic E-state index is 13.4. The summed E-state index contributed by atoms with van der Waals surface area (Å²) in [5.41, 5.74) is 1.25. The van der Waals surface area contributed by atoms with E-state index in [0.717, 1.165) is 4.90 Å². The number of carboxylic acid groups (broad SMARTS) is 1. The standard InChI is InChI=1S/C26H18Cl2N2O6S/c1-35-20-7-2-4-16(22(20)36-13-14-8-10-15(11-9-14)25(33)34)12-17-23(31)29-26(37)30(24(17)32)19-6-3-5-18(27)21(19)28/h2-12H,13H2,1H3,(H,33,34)(H,29,31,37)/b17-12+. The van der Waals surface area contributed by atoms with E-state index < -0.39 is 17.8 Å². The highest BCUT2D eigenvalue weighted by molar-refractivity contribution is 7.80. The predicted octanol–water partition coefficient (Wildman–Crippen LogP) is 5.11. The predicted molar refractivity (Wildman–Crippen MR) is 143 cm³/mol. The van der Waals surface area contributed by atoms with Crippen molar-refractivity contribution in [3.05, 3.63) is 93.0 Å². The lowest BCUT2D eigenvalue weighted by molar-refractivity contribution is -0.122. The number of aromatic carboxylic acids is 1. The van der Waals surface area contributed by atoms with Gasteiger partial charge in [-0.05, 0) is 54.2 Å². The van der Waals surface area contributed by atoms with Gasteiger partial charge in [0.25, 0.3) is 11.8 Å². The van der Waals surface area contributed by atoms with Crippen molar-refractivity contribution in [2.24, 2.45) is 0 Å². The highest BCUT2D eigenvalue weighted by Gasteiger charge is 2.36. The second-order valence-corrected chi connectivity index (χ2v) is 8.87. The highest BCUT2D eigenvalue weighted by Crippen LogP contribution is 2.36. The SMILES string of the molecule is COc1cccc(/C=C2\C(=O)NC(=S)N(c3cccc(Cl)c3Cl)C2=O)c1OCc1ccc(C(=O)O)cc1. The monoisotopic (exact) mass is 556 g/mol. The summed E-state index contributed by atoms with van der Waals surface area (Å²) in [5, 5.41) is 11.8. The fourth-order valence-corrected chi connectivity index (χ4v) is 4.21. The first-order valence-corrected chi connectivity index (χ1v) is 11.8. The largest absolute Gasteiger partial charge is 0.493 e. The molecule has 0 atom stereocenters. The molecule has 2 amide bonds. The molecule has 0 unspecified atom stereocenters. The summed E-state index contributed by atoms with van der Waals surface area (Å²) in [4.78, 5) is 38.4. The molecule has 0 aliphatic carbocycles. The molecule has 1 aliphatic heterocycles. The Labute approximate surface area is 227 Å². The molecule has 1 fully saturated rings. The van der Waals surface area contributed by atoms with E-state index in [9.17, 15) is 14.4 Å². The van der Waals surface area contributed by atoms with Crippen molar-refractivity contribution in [2.75, 3.05) is 12.0 Å². The molecule has 11 heteroatoms. The lowest BCUT2D eigenvalue weighted by atomic mass is 10.1. The van der Waals surface area contributed by atoms with Crippen LogP contribution in [0.4, 0.5) is 5.69 Å². The molecule has 3 aromatic carbocycles. The minimum atomic E-state index is -1.03. The summed E-state index contributed by atoms with van der Waals surface area (Å²) in [7, 11) is 1.46. The summed E-state index contributed by atoms with van der Waals surface area (Å²) >= 11 is 17.7. The van der Waals surface area contributed by atoms with Crippen molar-refractivity contribution in [2.45, 2.75) is 6.61 Å². The van der Waals surface area contributed by atoms with E-state index in [1.165, 1.54) is 25.3 Å². The Bertz CT molecular complexity index is 1460. The number of thiocarbonyl (C=S) groups is 1. The minimum Gasteiger partial charge on any atom is -0.493 e. The molecular weight excluding hydrogens is 539 g/mol. The average molecular weight is 557 g/mol. The molecule has 0 aromatic heterocycles. The number of carbonyl (C=O) groups is 3. The van der Waals surface area contributed by atoms with Crippen LogP contribution >= 0.6 is 35.4 Å². The summed E-state index contributed by atoms with van der Waals surface area (Å²) < 4.78 is 11.4. The zero-order valence-corrected chi connectivity index (χ0v) is 21.5. The van der Waals surface area contributed by atoms with Gasteiger partial charge in [0.2, 0.25) is 0 Å². The lowest BCUT2D eigenvalue weighted by Gasteiger charge is -2.29. The van der Waals surface area contributed by atoms with Crippen molar-refractivity contribution in [3.63, 3.8) is 0 Å². The van der Waals surface area contributed by atoms with E-state index in [2.05, 4.69) is 5.32 Å². The summed E-state index contributed by atoms with van der Waals surface area (Å²) in [6.07, 6.45) is 1.37. The molecule has 188 valence electrons. The van der Waals surface area contributed by atoms with Crippen LogP contribution in [0.2, 0.25) is 10.0 Å². The van der Waals surface area contributed by atoms with Crippen molar-refractivity contribution in [1.29, 1.82) is 0 Å². The summed E-state index contributed by atoms with van der Waals surface area (Å²) in [6, 6.07) is 15.9. The van der Waals surface area contributed by atoms with Gasteiger partial charge in [0.15, 0.2) is 16.6 Å². The Morgan fingerprint density at radius 1 is 1.08 bits per heavy atom. The van der Waals surface area contributed by atoms with Gasteiger partial charge in [-0.15, -0.1) is 0 Å². The third-order valence-electron chi connectivity index (χ3n) is 5.39. The van der Waals surface area contributed by atoms with Crippen molar-refractivity contribution in [3.8, 4) is 11.5 Å². The Morgan fingerprint density at radius 2 is 1.78 bits per heavy atom. The van der Waals surface area contributed by atoms with Crippen LogP contribution in [0.3, 0.4) is 0 Å². The number of carboxylic acids is 1. The Morgan fingerprint density at radius 3 is 2.46 bits per heavy atom. The smallest absolute Gasteiger partial charge is 0.335 e. The van der Waals surface area contributed by atoms with E-state index in [4.69, 9.17) is 50.0 Å². The average Bonchev–Trinajstić information content (AvgIpc) is 2.88. The van der Waals surface area contributed by atoms with Gasteiger partial charge in [0.1, 0.15) is 12.2 Å². The Balaban J connectivity index is 1.69. The number of amides is 2. The van der Waals surface area contributed by atoms with Crippen LogP contribution in [0.5, 0.6) is 11.5 Å². The molecule has 0 saturated carbocycles. The Hall–Kier alpha value is -3.92. The van der Waals surface area contributed by atoms with E-state index in [-0.39, 0.29) is 44.3 Å². The number of anilines is 1. The molecule has 1 heterocycles. The van der Waals surface area contributed by atoms with Gasteiger partial charge in [0, 0.05) is 5.56 Å². The molecule has 2 N–H and O–H groups in total. The molecule has 3 aromatic rings. The van der Waals surface area contributed by atoms with Crippen molar-refractivity contribution in [1.82, 2.24) is 5.32 Å². The van der Waals surface area contributed by atoms with Gasteiger partial charge in [-0.3, -0.25) is 19.8 Å². The van der Waals surface area contributed by atoms with Gasteiger partial charge >= 0.3 is 5.97 Å². The third-order valence-corrected chi connectivity index (χ3v) is 6.48. The number of methoxy groups -OCH3 is 1. The number of benzene rings is 3. The first kappa shape index (κ1) is 26.2. The van der Waals surface area contributed by atoms with Gasteiger partial charge in [0.05, 0.1) is 28.4 Å². The second-order valence-electron chi connectivity index (χ2n) is 7.70. The van der Waals surface area contributed by atoms with Crippen LogP contribution in [0.15, 0.2) is 66.2 Å². The van der Waals surface area contributed by atoms with Gasteiger partial charge in [-0.2, -0.15) is 0 Å². The van der Waals surface area contributed by atoms with Crippen molar-refractivity contribution < 1.29 is 29.0 Å². The first-order valence-electron chi connectivity index (χ1n) is 10.7. The highest BCUT2D eigenvalue weighted by atomic mass is 35.5. The lowest BCUT2D eigenvalue weighted by Crippen LogP contribution is -2.54. The minimum absolute atomic E-state index is 0.0743. The van der Waals surface area contributed by atoms with E-state index in [1.807, 2.05) is 0 Å². The molecule has 4 rings (SSSR count). The summed E-state index contributed by atoms with van der Waals surface area (Å²) in [6.45, 7) is 0.0743. The first-order chi connectivity index (χ1) is 17.7. The maximum Gasteiger partial charge on any atom is 0.335 e. The number of ether oxygens (including phenoxy) is 2. The van der Waals surface area contributed by atoms with Crippen LogP contribution in [0, 0.1) is 0 Å². The van der Waals surface area contributed by atoms with Gasteiger partial charge in [-0.25, -0.2) is 4.79 Å². The normalized spacial score (nSPS) is 14.5. The number of hydrogen-bond acceptors (Lipinski definition) is 6. The number of nitrogens with one attached hydrogen (secondary N) is 1. The van der Waals surface area contributed by atoms with Crippen LogP contribution in [0.1, 0.15) is 21.5 Å². The fourth-order valence-electron chi connectivity index (χ4n) is 3.56. The fraction of sp³-hybridized carbons (Fsp3) is 0.0769. The number of hydrogen-bond donors (Lipinski definition) is 2. The van der Waals surface area contributed by atoms with Crippen LogP contribution < -0.4 is 19.7 Å². The van der Waals surface area contributed by atoms with E-state index in [0.29, 0.717) is 16.9 Å². The molecule has 37 heavy (non-hydrogen) atoms.